The van der Waals surface area contributed by atoms with Crippen molar-refractivity contribution in [2.45, 2.75) is 277 Å². The molecule has 450 valence electrons. The molecular weight excluding hydrogens is 1010 g/mol. The van der Waals surface area contributed by atoms with Crippen LogP contribution >= 0.6 is 15.6 Å². The van der Waals surface area contributed by atoms with Gasteiger partial charge < -0.3 is 14.7 Å². The van der Waals surface area contributed by atoms with E-state index < -0.39 is 15.6 Å². The quantitative estimate of drug-likeness (QED) is 0.0411. The van der Waals surface area contributed by atoms with Crippen LogP contribution in [0.3, 0.4) is 0 Å². The molecular formula is C70H118O7P2. The molecule has 0 amide bonds. The van der Waals surface area contributed by atoms with Crippen LogP contribution < -0.4 is 0 Å². The summed E-state index contributed by atoms with van der Waals surface area (Å²) in [6.07, 6.45) is 60.8. The molecule has 2 unspecified atom stereocenters. The van der Waals surface area contributed by atoms with Gasteiger partial charge in [0.05, 0.1) is 6.61 Å². The second-order valence-corrected chi connectivity index (χ2v) is 26.5. The van der Waals surface area contributed by atoms with Crippen LogP contribution in [0.4, 0.5) is 0 Å². The summed E-state index contributed by atoms with van der Waals surface area (Å²) in [5.74, 6) is 0.220. The summed E-state index contributed by atoms with van der Waals surface area (Å²) >= 11 is 0. The SMILES string of the molecule is CC(C)=CCC/C(C)=C/CC/C(C)=C/CC/C(C)=C\CC/C(C)=C\CC/C(C)=C\CC/C(C)=C\CC/C(C)=C\CC/C(C)=C\CC/C(C)=C\CC/C(C)=C\CC/C(C)=C\CC/C(C)=C\CCC(C)CCOP(=O)(O)OP(=O)(O)O. The Morgan fingerprint density at radius 1 is 0.316 bits per heavy atom. The van der Waals surface area contributed by atoms with E-state index in [0.717, 1.165) is 148 Å². The number of phosphoric acid groups is 2. The Balaban J connectivity index is 4.32. The van der Waals surface area contributed by atoms with Gasteiger partial charge in [0.1, 0.15) is 0 Å². The van der Waals surface area contributed by atoms with Crippen LogP contribution in [0.1, 0.15) is 277 Å². The summed E-state index contributed by atoms with van der Waals surface area (Å²) in [7, 11) is -9.86. The van der Waals surface area contributed by atoms with Gasteiger partial charge in [0.2, 0.25) is 0 Å². The molecule has 9 heteroatoms. The lowest BCUT2D eigenvalue weighted by Crippen LogP contribution is -2.02. The molecule has 0 radical (unpaired) electrons. The van der Waals surface area contributed by atoms with Crippen molar-refractivity contribution in [1.82, 2.24) is 0 Å². The van der Waals surface area contributed by atoms with Gasteiger partial charge >= 0.3 is 15.6 Å². The maximum Gasteiger partial charge on any atom is 0.481 e. The van der Waals surface area contributed by atoms with Crippen molar-refractivity contribution in [3.63, 3.8) is 0 Å². The molecule has 3 N–H and O–H groups in total. The second kappa shape index (κ2) is 46.4. The number of phosphoric ester groups is 1. The van der Waals surface area contributed by atoms with E-state index in [1.807, 2.05) is 6.92 Å². The molecule has 0 rings (SSSR count). The molecule has 0 heterocycles. The van der Waals surface area contributed by atoms with Gasteiger partial charge in [-0.3, -0.25) is 4.52 Å². The van der Waals surface area contributed by atoms with Crippen LogP contribution in [0, 0.1) is 5.92 Å². The van der Waals surface area contributed by atoms with Crippen molar-refractivity contribution in [2.24, 2.45) is 5.92 Å². The van der Waals surface area contributed by atoms with Crippen LogP contribution in [0.5, 0.6) is 0 Å². The molecule has 0 aromatic rings. The summed E-state index contributed by atoms with van der Waals surface area (Å²) in [6.45, 7) is 33.5. The Morgan fingerprint density at radius 2 is 0.506 bits per heavy atom. The van der Waals surface area contributed by atoms with Crippen molar-refractivity contribution in [3.05, 3.63) is 151 Å². The van der Waals surface area contributed by atoms with Gasteiger partial charge in [0.15, 0.2) is 0 Å². The van der Waals surface area contributed by atoms with E-state index >= 15 is 0 Å². The standard InChI is InChI=1S/C70H118O7P2/c1-57(2)29-16-30-58(3)31-17-32-59(4)33-18-34-60(5)35-19-36-61(6)37-20-38-62(7)39-21-40-63(8)41-22-42-64(9)43-23-44-65(10)45-24-46-66(11)47-25-48-67(12)49-26-50-68(13)51-27-52-69(14)53-28-54-70(15)55-56-76-79(74,75)77-78(71,72)73/h29,31,33,35,37,39,41,43,45,47,49,51,53,70H,16-28,30,32,34,36,38,40,42,44,46,48,50,52,54-56H2,1-15H3,(H,74,75)(H2,71,72,73)/b58-31+,59-33+,60-35-,61-37-,62-39-,63-41-,64-43-,65-45-,66-47-,67-49-,68-51-,69-53-. The fourth-order valence-electron chi connectivity index (χ4n) is 9.11. The summed E-state index contributed by atoms with van der Waals surface area (Å²) in [6, 6.07) is 0. The molecule has 0 fully saturated rings. The minimum atomic E-state index is -5.09. The average molecular weight is 1130 g/mol. The predicted octanol–water partition coefficient (Wildman–Crippen LogP) is 23.7. The molecule has 0 spiro atoms. The molecule has 0 aromatic carbocycles. The summed E-state index contributed by atoms with van der Waals surface area (Å²) in [5.41, 5.74) is 19.3. The van der Waals surface area contributed by atoms with Gasteiger partial charge in [-0.1, -0.05) is 158 Å². The Bertz CT molecular complexity index is 2240. The van der Waals surface area contributed by atoms with E-state index in [1.165, 1.54) is 91.7 Å². The number of allylic oxidation sites excluding steroid dienone is 26. The normalized spacial score (nSPS) is 16.0. The number of hydrogen-bond acceptors (Lipinski definition) is 4. The average Bonchev–Trinajstić information content (AvgIpc) is 3.33. The zero-order chi connectivity index (χ0) is 59.5. The molecule has 0 aliphatic carbocycles. The van der Waals surface area contributed by atoms with E-state index in [2.05, 4.69) is 185 Å². The van der Waals surface area contributed by atoms with Crippen molar-refractivity contribution >= 4 is 15.6 Å². The van der Waals surface area contributed by atoms with E-state index in [-0.39, 0.29) is 12.5 Å². The first-order chi connectivity index (χ1) is 37.2. The summed E-state index contributed by atoms with van der Waals surface area (Å²) in [4.78, 5) is 26.8. The lowest BCUT2D eigenvalue weighted by Gasteiger charge is -2.14. The molecule has 0 saturated carbocycles. The number of hydrogen-bond donors (Lipinski definition) is 3. The summed E-state index contributed by atoms with van der Waals surface area (Å²) < 4.78 is 30.9. The molecule has 2 atom stereocenters. The van der Waals surface area contributed by atoms with E-state index in [4.69, 9.17) is 9.79 Å². The number of rotatable bonds is 45. The molecule has 0 aliphatic heterocycles. The molecule has 7 nitrogen and oxygen atoms in total. The van der Waals surface area contributed by atoms with Gasteiger partial charge in [-0.15, -0.1) is 0 Å². The molecule has 0 saturated heterocycles. The second-order valence-electron chi connectivity index (χ2n) is 23.7. The predicted molar refractivity (Wildman–Crippen MR) is 347 cm³/mol. The fourth-order valence-corrected chi connectivity index (χ4v) is 10.7. The minimum absolute atomic E-state index is 0.113. The van der Waals surface area contributed by atoms with Gasteiger partial charge in [-0.05, 0) is 276 Å². The molecule has 79 heavy (non-hydrogen) atoms. The topological polar surface area (TPSA) is 113 Å². The zero-order valence-corrected chi connectivity index (χ0v) is 55.0. The van der Waals surface area contributed by atoms with Gasteiger partial charge in [-0.25, -0.2) is 9.13 Å². The fraction of sp³-hybridized carbons (Fsp3) is 0.629. The molecule has 0 aliphatic rings. The van der Waals surface area contributed by atoms with E-state index in [9.17, 15) is 14.0 Å². The van der Waals surface area contributed by atoms with E-state index in [0.29, 0.717) is 6.42 Å². The van der Waals surface area contributed by atoms with Crippen molar-refractivity contribution < 1.29 is 32.6 Å². The van der Waals surface area contributed by atoms with E-state index in [1.54, 1.807) is 0 Å². The first-order valence-corrected chi connectivity index (χ1v) is 33.5. The largest absolute Gasteiger partial charge is 0.481 e. The first kappa shape index (κ1) is 75.9. The van der Waals surface area contributed by atoms with Gasteiger partial charge in [-0.2, -0.15) is 4.31 Å². The monoisotopic (exact) mass is 1130 g/mol. The molecule has 0 bridgehead atoms. The Kier molecular flexibility index (Phi) is 44.5. The van der Waals surface area contributed by atoms with Gasteiger partial charge in [0, 0.05) is 0 Å². The highest BCUT2D eigenvalue weighted by Crippen LogP contribution is 2.57. The Morgan fingerprint density at radius 3 is 0.696 bits per heavy atom. The highest BCUT2D eigenvalue weighted by Gasteiger charge is 2.32. The van der Waals surface area contributed by atoms with Crippen molar-refractivity contribution in [1.29, 1.82) is 0 Å². The van der Waals surface area contributed by atoms with Crippen LogP contribution in [0.2, 0.25) is 0 Å². The lowest BCUT2D eigenvalue weighted by atomic mass is 10.0. The highest BCUT2D eigenvalue weighted by atomic mass is 31.3. The molecule has 0 aromatic heterocycles. The highest BCUT2D eigenvalue weighted by molar-refractivity contribution is 7.60. The third kappa shape index (κ3) is 51.5. The van der Waals surface area contributed by atoms with Crippen molar-refractivity contribution in [2.75, 3.05) is 6.61 Å². The smallest absolute Gasteiger partial charge is 0.302 e. The van der Waals surface area contributed by atoms with Crippen LogP contribution in [-0.4, -0.2) is 21.3 Å². The summed E-state index contributed by atoms with van der Waals surface area (Å²) in [5, 5.41) is 0. The van der Waals surface area contributed by atoms with Crippen LogP contribution in [-0.2, 0) is 18.0 Å². The minimum Gasteiger partial charge on any atom is -0.302 e. The van der Waals surface area contributed by atoms with Crippen molar-refractivity contribution in [3.8, 4) is 0 Å². The third-order valence-corrected chi connectivity index (χ3v) is 16.8. The van der Waals surface area contributed by atoms with Gasteiger partial charge in [0.25, 0.3) is 0 Å². The van der Waals surface area contributed by atoms with Crippen LogP contribution in [0.15, 0.2) is 151 Å². The first-order valence-electron chi connectivity index (χ1n) is 30.5. The Hall–Kier alpha value is -3.12. The zero-order valence-electron chi connectivity index (χ0n) is 53.3. The third-order valence-electron chi connectivity index (χ3n) is 14.7. The lowest BCUT2D eigenvalue weighted by molar-refractivity contribution is 0.170. The van der Waals surface area contributed by atoms with Crippen LogP contribution in [0.25, 0.3) is 0 Å². The maximum absolute atomic E-state index is 11.6. The Labute approximate surface area is 487 Å². The maximum atomic E-state index is 11.6.